The number of nitrogens with zero attached hydrogens (tertiary/aromatic N) is 2. The Bertz CT molecular complexity index is 427. The molecule has 0 bridgehead atoms. The number of rotatable bonds is 7. The molecule has 0 aliphatic carbocycles. The van der Waals surface area contributed by atoms with E-state index in [2.05, 4.69) is 17.1 Å². The summed E-state index contributed by atoms with van der Waals surface area (Å²) in [5.74, 6) is -0.509. The molecule has 0 saturated carbocycles. The molecule has 1 heterocycles. The van der Waals surface area contributed by atoms with Gasteiger partial charge in [0.2, 0.25) is 0 Å². The molecular weight excluding hydrogens is 287 g/mol. The van der Waals surface area contributed by atoms with Crippen molar-refractivity contribution >= 4 is 29.2 Å². The maximum absolute atomic E-state index is 11.9. The molecule has 0 saturated heterocycles. The van der Waals surface area contributed by atoms with Crippen LogP contribution in [0.3, 0.4) is 0 Å². The van der Waals surface area contributed by atoms with Crippen LogP contribution in [-0.2, 0) is 4.74 Å². The van der Waals surface area contributed by atoms with Crippen molar-refractivity contribution in [3.05, 3.63) is 21.9 Å². The summed E-state index contributed by atoms with van der Waals surface area (Å²) in [5, 5.41) is 7.25. The standard InChI is InChI=1S/C13H18Cl2N2O2/c1-3-4-5-6-7-9(2)19-13(18)10-8-11(14)16-17-12(10)15/h8-9H,3-7H2,1-2H3. The van der Waals surface area contributed by atoms with Crippen LogP contribution < -0.4 is 0 Å². The number of ether oxygens (including phenoxy) is 1. The van der Waals surface area contributed by atoms with Crippen molar-refractivity contribution in [3.63, 3.8) is 0 Å². The molecule has 1 atom stereocenters. The number of hydrogen-bond donors (Lipinski definition) is 0. The van der Waals surface area contributed by atoms with Crippen molar-refractivity contribution in [2.45, 2.75) is 52.1 Å². The van der Waals surface area contributed by atoms with Gasteiger partial charge in [-0.2, -0.15) is 0 Å². The third-order valence-electron chi connectivity index (χ3n) is 2.71. The zero-order valence-electron chi connectivity index (χ0n) is 11.2. The third-order valence-corrected chi connectivity index (χ3v) is 3.18. The molecule has 0 aliphatic heterocycles. The summed E-state index contributed by atoms with van der Waals surface area (Å²) < 4.78 is 5.30. The molecule has 6 heteroatoms. The summed E-state index contributed by atoms with van der Waals surface area (Å²) in [6.07, 6.45) is 5.29. The predicted molar refractivity (Wildman–Crippen MR) is 75.7 cm³/mol. The zero-order valence-corrected chi connectivity index (χ0v) is 12.7. The highest BCUT2D eigenvalue weighted by Crippen LogP contribution is 2.18. The molecule has 1 rings (SSSR count). The smallest absolute Gasteiger partial charge is 0.341 e. The second kappa shape index (κ2) is 8.33. The van der Waals surface area contributed by atoms with Gasteiger partial charge in [0.15, 0.2) is 10.3 Å². The summed E-state index contributed by atoms with van der Waals surface area (Å²) in [5.41, 5.74) is 0.155. The van der Waals surface area contributed by atoms with Gasteiger partial charge in [-0.1, -0.05) is 49.4 Å². The van der Waals surface area contributed by atoms with E-state index in [1.165, 1.54) is 18.9 Å². The summed E-state index contributed by atoms with van der Waals surface area (Å²) in [7, 11) is 0. The van der Waals surface area contributed by atoms with Gasteiger partial charge >= 0.3 is 5.97 Å². The van der Waals surface area contributed by atoms with Crippen molar-refractivity contribution in [1.82, 2.24) is 10.2 Å². The van der Waals surface area contributed by atoms with Gasteiger partial charge in [0.1, 0.15) is 5.56 Å². The molecule has 0 fully saturated rings. The molecular formula is C13H18Cl2N2O2. The van der Waals surface area contributed by atoms with Crippen LogP contribution in [-0.4, -0.2) is 22.3 Å². The largest absolute Gasteiger partial charge is 0.459 e. The molecule has 0 spiro atoms. The van der Waals surface area contributed by atoms with Crippen molar-refractivity contribution in [1.29, 1.82) is 0 Å². The van der Waals surface area contributed by atoms with Crippen LogP contribution in [0.2, 0.25) is 10.3 Å². The summed E-state index contributed by atoms with van der Waals surface area (Å²) in [6, 6.07) is 1.36. The Morgan fingerprint density at radius 1 is 1.32 bits per heavy atom. The van der Waals surface area contributed by atoms with Gasteiger partial charge in [-0.3, -0.25) is 0 Å². The average Bonchev–Trinajstić information content (AvgIpc) is 2.37. The van der Waals surface area contributed by atoms with Crippen LogP contribution in [0.1, 0.15) is 56.3 Å². The van der Waals surface area contributed by atoms with Crippen LogP contribution in [0.5, 0.6) is 0 Å². The predicted octanol–water partition coefficient (Wildman–Crippen LogP) is 4.30. The fraction of sp³-hybridized carbons (Fsp3) is 0.615. The molecule has 0 N–H and O–H groups in total. The van der Waals surface area contributed by atoms with E-state index in [0.717, 1.165) is 19.3 Å². The van der Waals surface area contributed by atoms with E-state index in [1.807, 2.05) is 6.92 Å². The normalized spacial score (nSPS) is 12.2. The molecule has 0 radical (unpaired) electrons. The molecule has 0 aliphatic rings. The van der Waals surface area contributed by atoms with Gasteiger partial charge in [0.25, 0.3) is 0 Å². The van der Waals surface area contributed by atoms with E-state index < -0.39 is 5.97 Å². The molecule has 0 aromatic carbocycles. The number of hydrogen-bond acceptors (Lipinski definition) is 4. The first kappa shape index (κ1) is 16.2. The zero-order chi connectivity index (χ0) is 14.3. The van der Waals surface area contributed by atoms with Crippen LogP contribution in [0, 0.1) is 0 Å². The third kappa shape index (κ3) is 5.74. The first-order valence-corrected chi connectivity index (χ1v) is 7.20. The highest BCUT2D eigenvalue weighted by molar-refractivity contribution is 6.33. The van der Waals surface area contributed by atoms with E-state index >= 15 is 0 Å². The maximum atomic E-state index is 11.9. The number of unbranched alkanes of at least 4 members (excludes halogenated alkanes) is 3. The summed E-state index contributed by atoms with van der Waals surface area (Å²) in [6.45, 7) is 4.03. The Kier molecular flexibility index (Phi) is 7.10. The van der Waals surface area contributed by atoms with Crippen LogP contribution in [0.4, 0.5) is 0 Å². The van der Waals surface area contributed by atoms with E-state index in [9.17, 15) is 4.79 Å². The maximum Gasteiger partial charge on any atom is 0.341 e. The van der Waals surface area contributed by atoms with Gasteiger partial charge in [0.05, 0.1) is 6.10 Å². The first-order chi connectivity index (χ1) is 9.04. The highest BCUT2D eigenvalue weighted by atomic mass is 35.5. The second-order valence-corrected chi connectivity index (χ2v) is 5.18. The Balaban J connectivity index is 2.47. The van der Waals surface area contributed by atoms with Crippen molar-refractivity contribution in [3.8, 4) is 0 Å². The molecule has 1 aromatic heterocycles. The molecule has 19 heavy (non-hydrogen) atoms. The Labute approximate surface area is 123 Å². The SMILES string of the molecule is CCCCCCC(C)OC(=O)c1cc(Cl)nnc1Cl. The van der Waals surface area contributed by atoms with E-state index in [4.69, 9.17) is 27.9 Å². The lowest BCUT2D eigenvalue weighted by atomic mass is 10.1. The number of aromatic nitrogens is 2. The lowest BCUT2D eigenvalue weighted by molar-refractivity contribution is 0.0319. The molecule has 1 unspecified atom stereocenters. The first-order valence-electron chi connectivity index (χ1n) is 6.44. The second-order valence-electron chi connectivity index (χ2n) is 4.44. The minimum absolute atomic E-state index is 0.00702. The molecule has 1 aromatic rings. The summed E-state index contributed by atoms with van der Waals surface area (Å²) >= 11 is 11.5. The van der Waals surface area contributed by atoms with Gasteiger partial charge in [0, 0.05) is 0 Å². The van der Waals surface area contributed by atoms with Crippen molar-refractivity contribution < 1.29 is 9.53 Å². The van der Waals surface area contributed by atoms with Gasteiger partial charge in [-0.05, 0) is 25.8 Å². The molecule has 106 valence electrons. The monoisotopic (exact) mass is 304 g/mol. The van der Waals surface area contributed by atoms with Gasteiger partial charge in [-0.25, -0.2) is 4.79 Å². The molecule has 0 amide bonds. The van der Waals surface area contributed by atoms with Crippen LogP contribution in [0.15, 0.2) is 6.07 Å². The summed E-state index contributed by atoms with van der Waals surface area (Å²) in [4.78, 5) is 11.9. The lowest BCUT2D eigenvalue weighted by Gasteiger charge is -2.13. The van der Waals surface area contributed by atoms with Crippen molar-refractivity contribution in [2.24, 2.45) is 0 Å². The number of halogens is 2. The minimum Gasteiger partial charge on any atom is -0.459 e. The van der Waals surface area contributed by atoms with E-state index in [0.29, 0.717) is 0 Å². The Hall–Kier alpha value is -0.870. The lowest BCUT2D eigenvalue weighted by Crippen LogP contribution is -2.16. The Morgan fingerprint density at radius 3 is 2.74 bits per heavy atom. The van der Waals surface area contributed by atoms with E-state index in [-0.39, 0.29) is 22.0 Å². The van der Waals surface area contributed by atoms with E-state index in [1.54, 1.807) is 0 Å². The minimum atomic E-state index is -0.509. The number of carbonyl (C=O) groups is 1. The Morgan fingerprint density at radius 2 is 2.05 bits per heavy atom. The van der Waals surface area contributed by atoms with Crippen LogP contribution in [0.25, 0.3) is 0 Å². The fourth-order valence-corrected chi connectivity index (χ4v) is 1.98. The average molecular weight is 305 g/mol. The number of esters is 1. The topological polar surface area (TPSA) is 52.1 Å². The quantitative estimate of drug-likeness (QED) is 0.556. The number of carbonyl (C=O) groups excluding carboxylic acids is 1. The highest BCUT2D eigenvalue weighted by Gasteiger charge is 2.17. The molecule has 4 nitrogen and oxygen atoms in total. The van der Waals surface area contributed by atoms with Gasteiger partial charge < -0.3 is 4.74 Å². The van der Waals surface area contributed by atoms with Crippen LogP contribution >= 0.6 is 23.2 Å². The van der Waals surface area contributed by atoms with Crippen molar-refractivity contribution in [2.75, 3.05) is 0 Å². The van der Waals surface area contributed by atoms with Gasteiger partial charge in [-0.15, -0.1) is 10.2 Å². The fourth-order valence-electron chi connectivity index (χ4n) is 1.66.